The largest absolute Gasteiger partial charge is 0.444 e. The average Bonchev–Trinajstić information content (AvgIpc) is 2.61. The number of aryl methyl sites for hydroxylation is 2. The van der Waals surface area contributed by atoms with Crippen LogP contribution in [0.5, 0.6) is 5.75 Å². The molecule has 0 unspecified atom stereocenters. The van der Waals surface area contributed by atoms with E-state index in [-0.39, 0.29) is 6.54 Å². The average molecular weight is 427 g/mol. The van der Waals surface area contributed by atoms with Gasteiger partial charge in [-0.2, -0.15) is 0 Å². The van der Waals surface area contributed by atoms with E-state index in [1.807, 2.05) is 58.9 Å². The minimum Gasteiger partial charge on any atom is -0.444 e. The minimum atomic E-state index is -0.598. The lowest BCUT2D eigenvalue weighted by atomic mass is 9.93. The number of hydrogen-bond acceptors (Lipinski definition) is 5. The van der Waals surface area contributed by atoms with Crippen molar-refractivity contribution in [2.24, 2.45) is 5.92 Å². The summed E-state index contributed by atoms with van der Waals surface area (Å²) in [5, 5.41) is 2.85. The zero-order valence-corrected chi connectivity index (χ0v) is 19.9. The molecule has 0 spiro atoms. The number of rotatable bonds is 6. The first-order valence-electron chi connectivity index (χ1n) is 10.6. The normalized spacial score (nSPS) is 11.4. The highest BCUT2D eigenvalue weighted by Gasteiger charge is 2.23. The zero-order valence-electron chi connectivity index (χ0n) is 19.9. The molecule has 0 radical (unpaired) electrons. The Morgan fingerprint density at radius 3 is 2.23 bits per heavy atom. The predicted octanol–water partition coefficient (Wildman–Crippen LogP) is 5.51. The lowest BCUT2D eigenvalue weighted by Gasteiger charge is -2.23. The highest BCUT2D eigenvalue weighted by molar-refractivity contribution is 5.80. The van der Waals surface area contributed by atoms with Crippen LogP contribution in [0, 0.1) is 19.8 Å². The quantitative estimate of drug-likeness (QED) is 0.616. The molecule has 2 aromatic rings. The summed E-state index contributed by atoms with van der Waals surface area (Å²) in [4.78, 5) is 29.0. The van der Waals surface area contributed by atoms with E-state index in [1.165, 1.54) is 6.92 Å². The lowest BCUT2D eigenvalue weighted by molar-refractivity contribution is -0.131. The fraction of sp³-hybridized carbons (Fsp3) is 0.480. The van der Waals surface area contributed by atoms with Crippen molar-refractivity contribution in [3.05, 3.63) is 46.8 Å². The summed E-state index contributed by atoms with van der Waals surface area (Å²) in [5.74, 6) is 0.364. The van der Waals surface area contributed by atoms with Gasteiger partial charge in [0, 0.05) is 30.3 Å². The molecule has 0 atom stereocenters. The Hall–Kier alpha value is -2.89. The van der Waals surface area contributed by atoms with Gasteiger partial charge in [-0.15, -0.1) is 0 Å². The van der Waals surface area contributed by atoms with Crippen molar-refractivity contribution < 1.29 is 19.1 Å². The highest BCUT2D eigenvalue weighted by atomic mass is 16.6. The van der Waals surface area contributed by atoms with E-state index in [0.29, 0.717) is 17.4 Å². The van der Waals surface area contributed by atoms with Crippen LogP contribution in [0.3, 0.4) is 0 Å². The van der Waals surface area contributed by atoms with E-state index in [0.717, 1.165) is 34.4 Å². The van der Waals surface area contributed by atoms with Gasteiger partial charge in [0.2, 0.25) is 0 Å². The molecule has 31 heavy (non-hydrogen) atoms. The Morgan fingerprint density at radius 2 is 1.71 bits per heavy atom. The molecule has 2 rings (SSSR count). The van der Waals surface area contributed by atoms with Crippen LogP contribution in [0.2, 0.25) is 0 Å². The Bertz CT molecular complexity index is 941. The number of hydrogen-bond donors (Lipinski definition) is 1. The first-order chi connectivity index (χ1) is 14.4. The van der Waals surface area contributed by atoms with Crippen molar-refractivity contribution in [3.8, 4) is 16.9 Å². The number of nitrogens with one attached hydrogen (secondary N) is 1. The molecule has 0 saturated carbocycles. The number of ether oxygens (including phenoxy) is 2. The van der Waals surface area contributed by atoms with Crippen LogP contribution in [0.15, 0.2) is 24.3 Å². The minimum absolute atomic E-state index is 0.210. The summed E-state index contributed by atoms with van der Waals surface area (Å²) in [6.07, 6.45) is 0.221. The summed E-state index contributed by atoms with van der Waals surface area (Å²) < 4.78 is 11.0. The second-order valence-electron chi connectivity index (χ2n) is 9.24. The predicted molar refractivity (Wildman–Crippen MR) is 122 cm³/mol. The van der Waals surface area contributed by atoms with E-state index in [4.69, 9.17) is 14.5 Å². The topological polar surface area (TPSA) is 77.5 Å². The van der Waals surface area contributed by atoms with Gasteiger partial charge >= 0.3 is 12.1 Å². The first kappa shape index (κ1) is 24.4. The number of carbonyl (C=O) groups excluding carboxylic acids is 2. The molecule has 0 bridgehead atoms. The molecule has 168 valence electrons. The summed E-state index contributed by atoms with van der Waals surface area (Å²) in [7, 11) is 0. The van der Waals surface area contributed by atoms with Gasteiger partial charge in [-0.05, 0) is 52.5 Å². The molecule has 6 nitrogen and oxygen atoms in total. The fourth-order valence-electron chi connectivity index (χ4n) is 3.30. The molecule has 0 saturated heterocycles. The standard InChI is InChI=1S/C25H34N2O4/c1-15(2)13-21-20(14-26-24(29)31-25(6,7)8)22(19-11-9-16(3)10-12-19)23(17(4)27-21)30-18(5)28/h9-12,15H,13-14H2,1-8H3,(H,26,29). The van der Waals surface area contributed by atoms with Crippen molar-refractivity contribution >= 4 is 12.1 Å². The van der Waals surface area contributed by atoms with Gasteiger partial charge < -0.3 is 14.8 Å². The van der Waals surface area contributed by atoms with Gasteiger partial charge in [0.15, 0.2) is 5.75 Å². The summed E-state index contributed by atoms with van der Waals surface area (Å²) >= 11 is 0. The number of pyridine rings is 1. The van der Waals surface area contributed by atoms with Crippen molar-refractivity contribution in [2.45, 2.75) is 74.0 Å². The maximum absolute atomic E-state index is 12.3. The number of benzene rings is 1. The van der Waals surface area contributed by atoms with E-state index < -0.39 is 17.7 Å². The molecule has 1 amide bonds. The second-order valence-corrected chi connectivity index (χ2v) is 9.24. The Morgan fingerprint density at radius 1 is 1.10 bits per heavy atom. The molecular weight excluding hydrogens is 392 g/mol. The number of nitrogens with zero attached hydrogens (tertiary/aromatic N) is 1. The van der Waals surface area contributed by atoms with E-state index in [9.17, 15) is 9.59 Å². The third kappa shape index (κ3) is 7.09. The summed E-state index contributed by atoms with van der Waals surface area (Å²) in [5.41, 5.74) is 4.54. The number of carbonyl (C=O) groups is 2. The molecule has 1 aromatic carbocycles. The first-order valence-corrected chi connectivity index (χ1v) is 10.6. The molecule has 1 N–H and O–H groups in total. The number of alkyl carbamates (subject to hydrolysis) is 1. The third-order valence-electron chi connectivity index (χ3n) is 4.50. The van der Waals surface area contributed by atoms with Gasteiger partial charge in [0.05, 0.1) is 5.69 Å². The number of aromatic nitrogens is 1. The van der Waals surface area contributed by atoms with Gasteiger partial charge in [0.25, 0.3) is 0 Å². The lowest BCUT2D eigenvalue weighted by Crippen LogP contribution is -2.32. The van der Waals surface area contributed by atoms with Crippen LogP contribution in [0.4, 0.5) is 4.79 Å². The smallest absolute Gasteiger partial charge is 0.407 e. The van der Waals surface area contributed by atoms with Crippen molar-refractivity contribution in [1.82, 2.24) is 10.3 Å². The molecule has 6 heteroatoms. The number of amides is 1. The molecule has 0 aliphatic heterocycles. The van der Waals surface area contributed by atoms with Crippen LogP contribution in [-0.2, 0) is 22.5 Å². The summed E-state index contributed by atoms with van der Waals surface area (Å²) in [6.45, 7) is 15.1. The van der Waals surface area contributed by atoms with Crippen LogP contribution in [-0.4, -0.2) is 22.6 Å². The molecule has 0 aliphatic rings. The Balaban J connectivity index is 2.64. The maximum Gasteiger partial charge on any atom is 0.407 e. The van der Waals surface area contributed by atoms with Gasteiger partial charge in [0.1, 0.15) is 5.60 Å². The summed E-state index contributed by atoms with van der Waals surface area (Å²) in [6, 6.07) is 8.01. The fourth-order valence-corrected chi connectivity index (χ4v) is 3.30. The molecule has 0 aliphatic carbocycles. The Labute approximate surface area is 185 Å². The molecule has 0 fully saturated rings. The molecular formula is C25H34N2O4. The van der Waals surface area contributed by atoms with Crippen LogP contribution >= 0.6 is 0 Å². The maximum atomic E-state index is 12.3. The van der Waals surface area contributed by atoms with Crippen LogP contribution in [0.1, 0.15) is 64.1 Å². The van der Waals surface area contributed by atoms with E-state index in [1.54, 1.807) is 0 Å². The monoisotopic (exact) mass is 426 g/mol. The van der Waals surface area contributed by atoms with Crippen molar-refractivity contribution in [1.29, 1.82) is 0 Å². The van der Waals surface area contributed by atoms with Crippen LogP contribution < -0.4 is 10.1 Å². The van der Waals surface area contributed by atoms with Crippen molar-refractivity contribution in [3.63, 3.8) is 0 Å². The zero-order chi connectivity index (χ0) is 23.3. The Kier molecular flexibility index (Phi) is 7.82. The molecule has 1 heterocycles. The van der Waals surface area contributed by atoms with Crippen LogP contribution in [0.25, 0.3) is 11.1 Å². The van der Waals surface area contributed by atoms with E-state index in [2.05, 4.69) is 19.2 Å². The van der Waals surface area contributed by atoms with Gasteiger partial charge in [-0.25, -0.2) is 4.79 Å². The van der Waals surface area contributed by atoms with Gasteiger partial charge in [-0.1, -0.05) is 43.7 Å². The third-order valence-corrected chi connectivity index (χ3v) is 4.50. The SMILES string of the molecule is CC(=O)Oc1c(C)nc(CC(C)C)c(CNC(=O)OC(C)(C)C)c1-c1ccc(C)cc1. The second kappa shape index (κ2) is 9.94. The van der Waals surface area contributed by atoms with Crippen molar-refractivity contribution in [2.75, 3.05) is 0 Å². The van der Waals surface area contributed by atoms with E-state index >= 15 is 0 Å². The molecule has 1 aromatic heterocycles. The number of esters is 1. The highest BCUT2D eigenvalue weighted by Crippen LogP contribution is 2.38. The van der Waals surface area contributed by atoms with Gasteiger partial charge in [-0.3, -0.25) is 9.78 Å².